The van der Waals surface area contributed by atoms with Crippen molar-refractivity contribution in [2.45, 2.75) is 57.7 Å². The molecule has 1 saturated carbocycles. The van der Waals surface area contributed by atoms with Crippen LogP contribution in [0.25, 0.3) is 16.8 Å². The molecule has 206 valence electrons. The van der Waals surface area contributed by atoms with E-state index in [9.17, 15) is 23.1 Å². The van der Waals surface area contributed by atoms with Gasteiger partial charge in [-0.15, -0.1) is 0 Å². The van der Waals surface area contributed by atoms with Gasteiger partial charge in [0.1, 0.15) is 29.3 Å². The normalized spacial score (nSPS) is 17.9. The Labute approximate surface area is 217 Å². The predicted octanol–water partition coefficient (Wildman–Crippen LogP) is 3.45. The molecular weight excluding hydrogens is 507 g/mol. The summed E-state index contributed by atoms with van der Waals surface area (Å²) in [6, 6.07) is 2.05. The van der Waals surface area contributed by atoms with Gasteiger partial charge in [0.25, 0.3) is 5.91 Å². The number of ether oxygens (including phenoxy) is 3. The molecule has 1 aliphatic rings. The standard InChI is InChI=1S/C25H30F3N5O5/c1-12(25(2,3)35)37-19-11-33-21(31-22(19)32(4)5)14(10-29-33)13-7-17(36-6)20(18(8-13)38-24(27)28)23(34)30-16-9-15(16)26/h7-8,10-12,15-16,24,35H,9H2,1-6H3,(H,30,34)/t12-,15+,16?/m1/s1. The van der Waals surface area contributed by atoms with Crippen LogP contribution in [0.3, 0.4) is 0 Å². The average Bonchev–Trinajstić information content (AvgIpc) is 3.34. The van der Waals surface area contributed by atoms with Crippen LogP contribution in [0.2, 0.25) is 0 Å². The van der Waals surface area contributed by atoms with Crippen LogP contribution in [0.5, 0.6) is 17.2 Å². The molecule has 0 spiro atoms. The van der Waals surface area contributed by atoms with E-state index in [1.165, 1.54) is 30.0 Å². The molecule has 1 amide bonds. The van der Waals surface area contributed by atoms with Crippen LogP contribution in [0.15, 0.2) is 24.5 Å². The second-order valence-corrected chi connectivity index (χ2v) is 9.83. The van der Waals surface area contributed by atoms with Gasteiger partial charge < -0.3 is 29.5 Å². The lowest BCUT2D eigenvalue weighted by atomic mass is 10.0. The molecule has 1 aromatic carbocycles. The molecule has 0 bridgehead atoms. The molecule has 1 aliphatic carbocycles. The van der Waals surface area contributed by atoms with E-state index in [1.54, 1.807) is 46.0 Å². The number of methoxy groups -OCH3 is 1. The lowest BCUT2D eigenvalue weighted by Crippen LogP contribution is -2.38. The molecule has 1 unspecified atom stereocenters. The molecular formula is C25H30F3N5O5. The first-order chi connectivity index (χ1) is 17.8. The monoisotopic (exact) mass is 537 g/mol. The molecule has 10 nitrogen and oxygen atoms in total. The molecule has 0 aliphatic heterocycles. The summed E-state index contributed by atoms with van der Waals surface area (Å²) in [5, 5.41) is 17.1. The number of nitrogens with one attached hydrogen (secondary N) is 1. The highest BCUT2D eigenvalue weighted by molar-refractivity contribution is 6.01. The summed E-state index contributed by atoms with van der Waals surface area (Å²) < 4.78 is 57.4. The van der Waals surface area contributed by atoms with Crippen molar-refractivity contribution in [1.82, 2.24) is 19.9 Å². The lowest BCUT2D eigenvalue weighted by molar-refractivity contribution is -0.0502. The zero-order valence-electron chi connectivity index (χ0n) is 21.8. The van der Waals surface area contributed by atoms with Gasteiger partial charge in [-0.25, -0.2) is 13.9 Å². The molecule has 1 fully saturated rings. The van der Waals surface area contributed by atoms with Gasteiger partial charge in [-0.1, -0.05) is 0 Å². The van der Waals surface area contributed by atoms with Crippen molar-refractivity contribution in [2.75, 3.05) is 26.1 Å². The maximum atomic E-state index is 13.4. The third kappa shape index (κ3) is 5.57. The molecule has 13 heteroatoms. The van der Waals surface area contributed by atoms with Gasteiger partial charge >= 0.3 is 6.61 Å². The number of hydrogen-bond donors (Lipinski definition) is 2. The third-order valence-corrected chi connectivity index (χ3v) is 6.23. The van der Waals surface area contributed by atoms with E-state index >= 15 is 0 Å². The van der Waals surface area contributed by atoms with Crippen molar-refractivity contribution in [3.63, 3.8) is 0 Å². The van der Waals surface area contributed by atoms with E-state index in [4.69, 9.17) is 9.47 Å². The van der Waals surface area contributed by atoms with Gasteiger partial charge in [-0.3, -0.25) is 4.79 Å². The summed E-state index contributed by atoms with van der Waals surface area (Å²) in [5.74, 6) is -0.464. The molecule has 2 N–H and O–H groups in total. The van der Waals surface area contributed by atoms with Crippen LogP contribution in [0.4, 0.5) is 19.0 Å². The summed E-state index contributed by atoms with van der Waals surface area (Å²) >= 11 is 0. The lowest BCUT2D eigenvalue weighted by Gasteiger charge is -2.28. The summed E-state index contributed by atoms with van der Waals surface area (Å²) in [6.45, 7) is 1.75. The number of benzene rings is 1. The van der Waals surface area contributed by atoms with E-state index < -0.39 is 42.2 Å². The van der Waals surface area contributed by atoms with E-state index in [1.807, 2.05) is 0 Å². The second-order valence-electron chi connectivity index (χ2n) is 9.83. The summed E-state index contributed by atoms with van der Waals surface area (Å²) in [6.07, 6.45) is 1.47. The number of anilines is 1. The summed E-state index contributed by atoms with van der Waals surface area (Å²) in [7, 11) is 4.82. The number of carbonyl (C=O) groups is 1. The number of carbonyl (C=O) groups excluding carboxylic acids is 1. The van der Waals surface area contributed by atoms with Crippen LogP contribution < -0.4 is 24.4 Å². The number of aromatic nitrogens is 3. The maximum Gasteiger partial charge on any atom is 0.387 e. The topological polar surface area (TPSA) is 110 Å². The number of hydrogen-bond acceptors (Lipinski definition) is 8. The fraction of sp³-hybridized carbons (Fsp3) is 0.480. The number of alkyl halides is 3. The fourth-order valence-electron chi connectivity index (χ4n) is 3.70. The van der Waals surface area contributed by atoms with Gasteiger partial charge in [0.2, 0.25) is 0 Å². The Morgan fingerprint density at radius 3 is 2.45 bits per heavy atom. The van der Waals surface area contributed by atoms with Crippen LogP contribution >= 0.6 is 0 Å². The molecule has 0 radical (unpaired) electrons. The highest BCUT2D eigenvalue weighted by atomic mass is 19.3. The van der Waals surface area contributed by atoms with Crippen LogP contribution in [-0.2, 0) is 0 Å². The van der Waals surface area contributed by atoms with Gasteiger partial charge in [0.05, 0.1) is 31.1 Å². The Balaban J connectivity index is 1.81. The number of halogens is 3. The van der Waals surface area contributed by atoms with Crippen LogP contribution in [0.1, 0.15) is 37.6 Å². The highest BCUT2D eigenvalue weighted by Gasteiger charge is 2.40. The number of amides is 1. The van der Waals surface area contributed by atoms with E-state index in [0.29, 0.717) is 28.3 Å². The average molecular weight is 538 g/mol. The Bertz CT molecular complexity index is 1340. The van der Waals surface area contributed by atoms with Crippen LogP contribution in [-0.4, -0.2) is 77.3 Å². The molecule has 2 aromatic heterocycles. The Morgan fingerprint density at radius 2 is 1.89 bits per heavy atom. The predicted molar refractivity (Wildman–Crippen MR) is 133 cm³/mol. The zero-order chi connectivity index (χ0) is 27.9. The molecule has 38 heavy (non-hydrogen) atoms. The largest absolute Gasteiger partial charge is 0.496 e. The summed E-state index contributed by atoms with van der Waals surface area (Å²) in [4.78, 5) is 19.2. The van der Waals surface area contributed by atoms with Crippen molar-refractivity contribution < 1.29 is 37.3 Å². The minimum absolute atomic E-state index is 0.0437. The van der Waals surface area contributed by atoms with Crippen molar-refractivity contribution in [3.8, 4) is 28.4 Å². The second kappa shape index (κ2) is 10.2. The SMILES string of the molecule is COc1cc(-c2cnn3cc(O[C@H](C)C(C)(C)O)c(N(C)C)nc23)cc(OC(F)F)c1C(=O)NC1C[C@@H]1F. The van der Waals surface area contributed by atoms with Crippen molar-refractivity contribution in [2.24, 2.45) is 0 Å². The van der Waals surface area contributed by atoms with E-state index in [-0.39, 0.29) is 17.7 Å². The van der Waals surface area contributed by atoms with E-state index in [2.05, 4.69) is 20.1 Å². The van der Waals surface area contributed by atoms with Gasteiger partial charge in [-0.2, -0.15) is 13.9 Å². The molecule has 3 aromatic rings. The fourth-order valence-corrected chi connectivity index (χ4v) is 3.70. The first kappa shape index (κ1) is 27.3. The Morgan fingerprint density at radius 1 is 1.24 bits per heavy atom. The first-order valence-corrected chi connectivity index (χ1v) is 11.9. The maximum absolute atomic E-state index is 13.4. The Kier molecular flexibility index (Phi) is 7.33. The van der Waals surface area contributed by atoms with Gasteiger partial charge in [0.15, 0.2) is 17.2 Å². The number of nitrogens with zero attached hydrogens (tertiary/aromatic N) is 4. The minimum atomic E-state index is -3.23. The third-order valence-electron chi connectivity index (χ3n) is 6.23. The molecule has 3 atom stereocenters. The minimum Gasteiger partial charge on any atom is -0.496 e. The van der Waals surface area contributed by atoms with Gasteiger partial charge in [0, 0.05) is 26.1 Å². The highest BCUT2D eigenvalue weighted by Crippen LogP contribution is 2.39. The van der Waals surface area contributed by atoms with Crippen molar-refractivity contribution in [3.05, 3.63) is 30.1 Å². The molecule has 0 saturated heterocycles. The first-order valence-electron chi connectivity index (χ1n) is 11.9. The molecule has 4 rings (SSSR count). The summed E-state index contributed by atoms with van der Waals surface area (Å²) in [5.41, 5.74) is -0.257. The number of rotatable bonds is 10. The van der Waals surface area contributed by atoms with Gasteiger partial charge in [-0.05, 0) is 38.5 Å². The van der Waals surface area contributed by atoms with Crippen LogP contribution in [0, 0.1) is 0 Å². The van der Waals surface area contributed by atoms with E-state index in [0.717, 1.165) is 0 Å². The van der Waals surface area contributed by atoms with Crippen molar-refractivity contribution in [1.29, 1.82) is 0 Å². The quantitative estimate of drug-likeness (QED) is 0.405. The number of fused-ring (bicyclic) bond motifs is 1. The molecule has 2 heterocycles. The zero-order valence-corrected chi connectivity index (χ0v) is 21.8. The number of aliphatic hydroxyl groups is 1. The smallest absolute Gasteiger partial charge is 0.387 e. The van der Waals surface area contributed by atoms with Crippen molar-refractivity contribution >= 4 is 17.4 Å². The Hall–Kier alpha value is -3.74.